The molecule has 1 N–H and O–H groups in total. The average Bonchev–Trinajstić information content (AvgIpc) is 2.39. The first kappa shape index (κ1) is 13.5. The lowest BCUT2D eigenvalue weighted by molar-refractivity contribution is -0.168. The largest absolute Gasteiger partial charge is 0.385 e. The van der Waals surface area contributed by atoms with Gasteiger partial charge in [0.2, 0.25) is 0 Å². The van der Waals surface area contributed by atoms with Gasteiger partial charge in [-0.25, -0.2) is 4.39 Å². The van der Waals surface area contributed by atoms with E-state index in [4.69, 9.17) is 9.47 Å². The van der Waals surface area contributed by atoms with Gasteiger partial charge in [-0.3, -0.25) is 0 Å². The minimum Gasteiger partial charge on any atom is -0.385 e. The molecule has 0 spiro atoms. The summed E-state index contributed by atoms with van der Waals surface area (Å²) in [7, 11) is 0. The van der Waals surface area contributed by atoms with Crippen molar-refractivity contribution < 1.29 is 19.0 Å². The monoisotopic (exact) mass is 254 g/mol. The van der Waals surface area contributed by atoms with Crippen LogP contribution in [0.2, 0.25) is 0 Å². The fourth-order valence-corrected chi connectivity index (χ4v) is 2.48. The van der Waals surface area contributed by atoms with Gasteiger partial charge in [-0.05, 0) is 24.6 Å². The van der Waals surface area contributed by atoms with Crippen molar-refractivity contribution in [2.75, 3.05) is 19.8 Å². The van der Waals surface area contributed by atoms with Crippen LogP contribution in [0.4, 0.5) is 4.39 Å². The molecule has 1 fully saturated rings. The Labute approximate surface area is 107 Å². The third-order valence-corrected chi connectivity index (χ3v) is 3.43. The molecule has 100 valence electrons. The van der Waals surface area contributed by atoms with Gasteiger partial charge < -0.3 is 14.6 Å². The zero-order valence-electron chi connectivity index (χ0n) is 10.6. The summed E-state index contributed by atoms with van der Waals surface area (Å²) in [4.78, 5) is 0. The van der Waals surface area contributed by atoms with E-state index in [1.807, 2.05) is 6.92 Å². The first-order valence-corrected chi connectivity index (χ1v) is 6.33. The summed E-state index contributed by atoms with van der Waals surface area (Å²) in [5.74, 6) is -0.342. The predicted octanol–water partition coefficient (Wildman–Crippen LogP) is 2.44. The number of halogens is 1. The van der Waals surface area contributed by atoms with Gasteiger partial charge in [0.25, 0.3) is 0 Å². The van der Waals surface area contributed by atoms with E-state index in [1.165, 1.54) is 12.1 Å². The maximum Gasteiger partial charge on any atom is 0.123 e. The van der Waals surface area contributed by atoms with Gasteiger partial charge in [0, 0.05) is 32.7 Å². The van der Waals surface area contributed by atoms with Crippen LogP contribution in [0, 0.1) is 5.82 Å². The number of benzene rings is 1. The standard InChI is InChI=1S/C14H19FO3/c1-2-18-14(6-8-17-9-7-14)13(16)11-4-3-5-12(15)10-11/h3-5,10,13,16H,2,6-9H2,1H3. The second-order valence-corrected chi connectivity index (χ2v) is 4.57. The van der Waals surface area contributed by atoms with Crippen LogP contribution in [0.25, 0.3) is 0 Å². The average molecular weight is 254 g/mol. The minimum atomic E-state index is -0.822. The molecule has 1 saturated heterocycles. The van der Waals surface area contributed by atoms with Gasteiger partial charge in [0.05, 0.1) is 0 Å². The van der Waals surface area contributed by atoms with Gasteiger partial charge in [-0.1, -0.05) is 12.1 Å². The van der Waals surface area contributed by atoms with E-state index in [0.29, 0.717) is 38.2 Å². The Morgan fingerprint density at radius 1 is 1.44 bits per heavy atom. The lowest BCUT2D eigenvalue weighted by Crippen LogP contribution is -2.44. The number of ether oxygens (including phenoxy) is 2. The van der Waals surface area contributed by atoms with Crippen LogP contribution >= 0.6 is 0 Å². The minimum absolute atomic E-state index is 0.342. The summed E-state index contributed by atoms with van der Waals surface area (Å²) >= 11 is 0. The molecular weight excluding hydrogens is 235 g/mol. The summed E-state index contributed by atoms with van der Waals surface area (Å²) in [6, 6.07) is 6.06. The fourth-order valence-electron chi connectivity index (χ4n) is 2.48. The van der Waals surface area contributed by atoms with Gasteiger partial charge in [0.1, 0.15) is 17.5 Å². The normalized spacial score (nSPS) is 20.6. The molecule has 0 amide bonds. The first-order chi connectivity index (χ1) is 8.68. The van der Waals surface area contributed by atoms with Crippen molar-refractivity contribution in [2.24, 2.45) is 0 Å². The summed E-state index contributed by atoms with van der Waals surface area (Å²) < 4.78 is 24.3. The molecule has 0 radical (unpaired) electrons. The lowest BCUT2D eigenvalue weighted by atomic mass is 9.84. The Kier molecular flexibility index (Phi) is 4.32. The van der Waals surface area contributed by atoms with E-state index in [1.54, 1.807) is 12.1 Å². The molecule has 0 bridgehead atoms. The molecule has 18 heavy (non-hydrogen) atoms. The zero-order chi connectivity index (χ0) is 13.0. The summed E-state index contributed by atoms with van der Waals surface area (Å²) in [6.45, 7) is 3.54. The van der Waals surface area contributed by atoms with Crippen molar-refractivity contribution in [1.29, 1.82) is 0 Å². The topological polar surface area (TPSA) is 38.7 Å². The van der Waals surface area contributed by atoms with Gasteiger partial charge in [-0.15, -0.1) is 0 Å². The van der Waals surface area contributed by atoms with Crippen LogP contribution in [-0.4, -0.2) is 30.5 Å². The van der Waals surface area contributed by atoms with Crippen molar-refractivity contribution in [3.8, 4) is 0 Å². The Hall–Kier alpha value is -0.970. The number of aliphatic hydroxyl groups excluding tert-OH is 1. The van der Waals surface area contributed by atoms with Crippen LogP contribution in [0.1, 0.15) is 31.4 Å². The van der Waals surface area contributed by atoms with E-state index in [9.17, 15) is 9.50 Å². The van der Waals surface area contributed by atoms with Crippen molar-refractivity contribution >= 4 is 0 Å². The number of rotatable bonds is 4. The molecule has 1 aromatic carbocycles. The summed E-state index contributed by atoms with van der Waals surface area (Å²) in [5, 5.41) is 10.5. The molecular formula is C14H19FO3. The van der Waals surface area contributed by atoms with Crippen LogP contribution in [0.5, 0.6) is 0 Å². The van der Waals surface area contributed by atoms with Crippen LogP contribution in [0.3, 0.4) is 0 Å². The molecule has 2 rings (SSSR count). The first-order valence-electron chi connectivity index (χ1n) is 6.33. The van der Waals surface area contributed by atoms with E-state index < -0.39 is 11.7 Å². The van der Waals surface area contributed by atoms with Crippen molar-refractivity contribution in [3.05, 3.63) is 35.6 Å². The number of hydrogen-bond donors (Lipinski definition) is 1. The summed E-state index contributed by atoms with van der Waals surface area (Å²) in [5.41, 5.74) is -0.0915. The van der Waals surface area contributed by atoms with E-state index >= 15 is 0 Å². The Morgan fingerprint density at radius 2 is 2.17 bits per heavy atom. The van der Waals surface area contributed by atoms with Crippen LogP contribution in [-0.2, 0) is 9.47 Å². The molecule has 1 atom stereocenters. The number of hydrogen-bond acceptors (Lipinski definition) is 3. The number of aliphatic hydroxyl groups is 1. The molecule has 1 aromatic rings. The van der Waals surface area contributed by atoms with Gasteiger partial charge in [-0.2, -0.15) is 0 Å². The molecule has 1 heterocycles. The van der Waals surface area contributed by atoms with E-state index in [-0.39, 0.29) is 5.82 Å². The molecule has 1 aliphatic heterocycles. The van der Waals surface area contributed by atoms with Crippen molar-refractivity contribution in [1.82, 2.24) is 0 Å². The Bertz CT molecular complexity index is 383. The smallest absolute Gasteiger partial charge is 0.123 e. The highest BCUT2D eigenvalue weighted by Crippen LogP contribution is 2.37. The zero-order valence-corrected chi connectivity index (χ0v) is 10.6. The second kappa shape index (κ2) is 5.78. The van der Waals surface area contributed by atoms with Crippen LogP contribution < -0.4 is 0 Å². The molecule has 0 saturated carbocycles. The van der Waals surface area contributed by atoms with Gasteiger partial charge >= 0.3 is 0 Å². The molecule has 4 heteroatoms. The maximum absolute atomic E-state index is 13.2. The molecule has 1 unspecified atom stereocenters. The molecule has 1 aliphatic rings. The highest BCUT2D eigenvalue weighted by Gasteiger charge is 2.41. The second-order valence-electron chi connectivity index (χ2n) is 4.57. The van der Waals surface area contributed by atoms with Crippen LogP contribution in [0.15, 0.2) is 24.3 Å². The van der Waals surface area contributed by atoms with E-state index in [0.717, 1.165) is 0 Å². The quantitative estimate of drug-likeness (QED) is 0.897. The Balaban J connectivity index is 2.24. The van der Waals surface area contributed by atoms with Crippen molar-refractivity contribution in [3.63, 3.8) is 0 Å². The molecule has 0 aromatic heterocycles. The maximum atomic E-state index is 13.2. The Morgan fingerprint density at radius 3 is 2.78 bits per heavy atom. The molecule has 0 aliphatic carbocycles. The van der Waals surface area contributed by atoms with Crippen molar-refractivity contribution in [2.45, 2.75) is 31.5 Å². The highest BCUT2D eigenvalue weighted by molar-refractivity contribution is 5.22. The third kappa shape index (κ3) is 2.71. The lowest BCUT2D eigenvalue weighted by Gasteiger charge is -2.40. The summed E-state index contributed by atoms with van der Waals surface area (Å²) in [6.07, 6.45) is 0.425. The van der Waals surface area contributed by atoms with E-state index in [2.05, 4.69) is 0 Å². The fraction of sp³-hybridized carbons (Fsp3) is 0.571. The highest BCUT2D eigenvalue weighted by atomic mass is 19.1. The SMILES string of the molecule is CCOC1(C(O)c2cccc(F)c2)CCOCC1. The molecule has 3 nitrogen and oxygen atoms in total. The van der Waals surface area contributed by atoms with Gasteiger partial charge in [0.15, 0.2) is 0 Å². The predicted molar refractivity (Wildman–Crippen MR) is 65.8 cm³/mol. The third-order valence-electron chi connectivity index (χ3n) is 3.43.